The fourth-order valence-corrected chi connectivity index (χ4v) is 2.63. The molecule has 2 atom stereocenters. The zero-order valence-electron chi connectivity index (χ0n) is 9.63. The summed E-state index contributed by atoms with van der Waals surface area (Å²) in [6.45, 7) is 0. The van der Waals surface area contributed by atoms with E-state index in [1.54, 1.807) is 0 Å². The molecule has 0 spiro atoms. The van der Waals surface area contributed by atoms with E-state index in [0.29, 0.717) is 11.8 Å². The first-order valence-electron chi connectivity index (χ1n) is 6.32. The Morgan fingerprint density at radius 3 is 2.71 bits per heavy atom. The zero-order valence-corrected chi connectivity index (χ0v) is 9.63. The van der Waals surface area contributed by atoms with E-state index in [1.807, 2.05) is 0 Å². The van der Waals surface area contributed by atoms with Crippen molar-refractivity contribution in [2.75, 3.05) is 0 Å². The van der Waals surface area contributed by atoms with Gasteiger partial charge in [-0.2, -0.15) is 4.98 Å². The average molecular weight is 236 g/mol. The van der Waals surface area contributed by atoms with Crippen molar-refractivity contribution in [2.45, 2.75) is 50.4 Å². The van der Waals surface area contributed by atoms with Gasteiger partial charge in [0.2, 0.25) is 5.89 Å². The van der Waals surface area contributed by atoms with E-state index in [1.165, 1.54) is 0 Å². The van der Waals surface area contributed by atoms with Gasteiger partial charge < -0.3 is 9.63 Å². The van der Waals surface area contributed by atoms with Crippen molar-refractivity contribution < 1.29 is 14.4 Å². The predicted molar refractivity (Wildman–Crippen MR) is 58.6 cm³/mol. The van der Waals surface area contributed by atoms with Crippen LogP contribution in [0.4, 0.5) is 0 Å². The maximum atomic E-state index is 11.2. The fraction of sp³-hybridized carbons (Fsp3) is 0.750. The largest absolute Gasteiger partial charge is 0.481 e. The van der Waals surface area contributed by atoms with Crippen LogP contribution in [-0.4, -0.2) is 21.2 Å². The van der Waals surface area contributed by atoms with Crippen LogP contribution in [-0.2, 0) is 4.79 Å². The van der Waals surface area contributed by atoms with E-state index >= 15 is 0 Å². The van der Waals surface area contributed by atoms with Crippen molar-refractivity contribution in [3.8, 4) is 0 Å². The Morgan fingerprint density at radius 2 is 2.00 bits per heavy atom. The van der Waals surface area contributed by atoms with Crippen molar-refractivity contribution in [1.29, 1.82) is 0 Å². The topological polar surface area (TPSA) is 76.2 Å². The Labute approximate surface area is 99.2 Å². The molecule has 1 aromatic rings. The van der Waals surface area contributed by atoms with Crippen molar-refractivity contribution >= 4 is 5.97 Å². The maximum Gasteiger partial charge on any atom is 0.307 e. The molecule has 2 saturated carbocycles. The third kappa shape index (κ3) is 2.06. The molecule has 1 N–H and O–H groups in total. The smallest absolute Gasteiger partial charge is 0.307 e. The molecule has 3 rings (SSSR count). The third-order valence-electron chi connectivity index (χ3n) is 3.80. The lowest BCUT2D eigenvalue weighted by atomic mass is 9.79. The Hall–Kier alpha value is -1.39. The second-order valence-corrected chi connectivity index (χ2v) is 5.10. The third-order valence-corrected chi connectivity index (χ3v) is 3.80. The Bertz CT molecular complexity index is 425. The maximum absolute atomic E-state index is 11.2. The number of nitrogens with zero attached hydrogens (tertiary/aromatic N) is 2. The predicted octanol–water partition coefficient (Wildman–Crippen LogP) is 2.31. The number of carboxylic acid groups (broad SMARTS) is 1. The van der Waals surface area contributed by atoms with Crippen LogP contribution >= 0.6 is 0 Å². The second-order valence-electron chi connectivity index (χ2n) is 5.10. The lowest BCUT2D eigenvalue weighted by molar-refractivity contribution is -0.143. The highest BCUT2D eigenvalue weighted by atomic mass is 16.5. The normalized spacial score (nSPS) is 29.2. The van der Waals surface area contributed by atoms with Gasteiger partial charge in [0.25, 0.3) is 0 Å². The lowest BCUT2D eigenvalue weighted by Gasteiger charge is -2.25. The van der Waals surface area contributed by atoms with E-state index in [4.69, 9.17) is 4.52 Å². The molecule has 2 aliphatic rings. The molecule has 0 saturated heterocycles. The van der Waals surface area contributed by atoms with E-state index in [0.717, 1.165) is 44.3 Å². The molecule has 0 aromatic carbocycles. The Kier molecular flexibility index (Phi) is 2.61. The molecular weight excluding hydrogens is 220 g/mol. The van der Waals surface area contributed by atoms with Gasteiger partial charge in [0.15, 0.2) is 5.82 Å². The Balaban J connectivity index is 1.81. The summed E-state index contributed by atoms with van der Waals surface area (Å²) in [4.78, 5) is 15.6. The van der Waals surface area contributed by atoms with Gasteiger partial charge in [-0.15, -0.1) is 0 Å². The molecule has 5 heteroatoms. The van der Waals surface area contributed by atoms with Gasteiger partial charge in [0, 0.05) is 5.92 Å². The molecular formula is C12H16N2O3. The number of hydrogen-bond acceptors (Lipinski definition) is 4. The van der Waals surface area contributed by atoms with Crippen molar-refractivity contribution in [2.24, 2.45) is 5.92 Å². The highest BCUT2D eigenvalue weighted by Crippen LogP contribution is 2.41. The van der Waals surface area contributed by atoms with E-state index in [9.17, 15) is 9.90 Å². The lowest BCUT2D eigenvalue weighted by Crippen LogP contribution is -2.25. The first kappa shape index (κ1) is 10.7. The van der Waals surface area contributed by atoms with E-state index < -0.39 is 5.97 Å². The molecule has 0 amide bonds. The quantitative estimate of drug-likeness (QED) is 0.871. The van der Waals surface area contributed by atoms with E-state index in [-0.39, 0.29) is 11.8 Å². The summed E-state index contributed by atoms with van der Waals surface area (Å²) >= 11 is 0. The molecule has 2 unspecified atom stereocenters. The summed E-state index contributed by atoms with van der Waals surface area (Å²) in [7, 11) is 0. The van der Waals surface area contributed by atoms with Crippen LogP contribution in [0.1, 0.15) is 62.1 Å². The molecule has 1 heterocycles. The summed E-state index contributed by atoms with van der Waals surface area (Å²) in [6, 6.07) is 0. The summed E-state index contributed by atoms with van der Waals surface area (Å²) in [5, 5.41) is 13.2. The highest BCUT2D eigenvalue weighted by molar-refractivity contribution is 5.71. The van der Waals surface area contributed by atoms with Crippen molar-refractivity contribution in [3.05, 3.63) is 11.7 Å². The molecule has 92 valence electrons. The van der Waals surface area contributed by atoms with Crippen LogP contribution in [0.3, 0.4) is 0 Å². The summed E-state index contributed by atoms with van der Waals surface area (Å²) in [5.74, 6) is 0.603. The van der Waals surface area contributed by atoms with Gasteiger partial charge in [0.1, 0.15) is 0 Å². The SMILES string of the molecule is O=C(O)C1CCCCC1c1nc(C2CC2)no1. The van der Waals surface area contributed by atoms with E-state index in [2.05, 4.69) is 10.1 Å². The standard InChI is InChI=1S/C12H16N2O3/c15-12(16)9-4-2-1-3-8(9)11-13-10(14-17-11)7-5-6-7/h7-9H,1-6H2,(H,15,16). The van der Waals surface area contributed by atoms with Crippen LogP contribution < -0.4 is 0 Å². The van der Waals surface area contributed by atoms with Gasteiger partial charge in [0.05, 0.1) is 11.8 Å². The number of hydrogen-bond donors (Lipinski definition) is 1. The first-order chi connectivity index (χ1) is 8.25. The zero-order chi connectivity index (χ0) is 11.8. The average Bonchev–Trinajstić information content (AvgIpc) is 3.07. The summed E-state index contributed by atoms with van der Waals surface area (Å²) in [6.07, 6.45) is 5.87. The minimum Gasteiger partial charge on any atom is -0.481 e. The summed E-state index contributed by atoms with van der Waals surface area (Å²) in [5.41, 5.74) is 0. The minimum atomic E-state index is -0.735. The molecule has 0 aliphatic heterocycles. The van der Waals surface area contributed by atoms with Gasteiger partial charge in [-0.25, -0.2) is 0 Å². The number of carbonyl (C=O) groups is 1. The molecule has 2 fully saturated rings. The van der Waals surface area contributed by atoms with Crippen molar-refractivity contribution in [3.63, 3.8) is 0 Å². The highest BCUT2D eigenvalue weighted by Gasteiger charge is 2.37. The van der Waals surface area contributed by atoms with Crippen LogP contribution in [0.15, 0.2) is 4.52 Å². The van der Waals surface area contributed by atoms with Crippen LogP contribution in [0, 0.1) is 5.92 Å². The molecule has 0 bridgehead atoms. The van der Waals surface area contributed by atoms with Gasteiger partial charge in [-0.1, -0.05) is 18.0 Å². The van der Waals surface area contributed by atoms with Crippen LogP contribution in [0.2, 0.25) is 0 Å². The van der Waals surface area contributed by atoms with Gasteiger partial charge in [-0.05, 0) is 25.7 Å². The number of aromatic nitrogens is 2. The second kappa shape index (κ2) is 4.13. The number of carboxylic acids is 1. The first-order valence-corrected chi connectivity index (χ1v) is 6.32. The monoisotopic (exact) mass is 236 g/mol. The number of rotatable bonds is 3. The summed E-state index contributed by atoms with van der Waals surface area (Å²) < 4.78 is 5.26. The molecule has 0 radical (unpaired) electrons. The Morgan fingerprint density at radius 1 is 1.24 bits per heavy atom. The van der Waals surface area contributed by atoms with Gasteiger partial charge >= 0.3 is 5.97 Å². The van der Waals surface area contributed by atoms with Gasteiger partial charge in [-0.3, -0.25) is 4.79 Å². The van der Waals surface area contributed by atoms with Crippen LogP contribution in [0.25, 0.3) is 0 Å². The number of aliphatic carboxylic acids is 1. The van der Waals surface area contributed by atoms with Crippen molar-refractivity contribution in [1.82, 2.24) is 10.1 Å². The minimum absolute atomic E-state index is 0.0822. The fourth-order valence-electron chi connectivity index (χ4n) is 2.63. The molecule has 2 aliphatic carbocycles. The van der Waals surface area contributed by atoms with Crippen LogP contribution in [0.5, 0.6) is 0 Å². The molecule has 17 heavy (non-hydrogen) atoms. The molecule has 5 nitrogen and oxygen atoms in total. The molecule has 1 aromatic heterocycles.